The van der Waals surface area contributed by atoms with Crippen molar-refractivity contribution in [2.45, 2.75) is 20.8 Å². The van der Waals surface area contributed by atoms with Gasteiger partial charge in [-0.1, -0.05) is 11.6 Å². The van der Waals surface area contributed by atoms with Crippen molar-refractivity contribution in [3.63, 3.8) is 0 Å². The minimum absolute atomic E-state index is 0.191. The molecule has 6 nitrogen and oxygen atoms in total. The Kier molecular flexibility index (Phi) is 3.80. The van der Waals surface area contributed by atoms with Gasteiger partial charge in [0.1, 0.15) is 0 Å². The van der Waals surface area contributed by atoms with Gasteiger partial charge in [-0.15, -0.1) is 9.90 Å². The molecule has 0 spiro atoms. The lowest BCUT2D eigenvalue weighted by Gasteiger charge is -2.01. The number of carbonyl (C=O) groups is 1. The maximum absolute atomic E-state index is 11.7. The summed E-state index contributed by atoms with van der Waals surface area (Å²) in [6, 6.07) is 3.39. The van der Waals surface area contributed by atoms with Crippen LogP contribution in [0.25, 0.3) is 5.82 Å². The van der Waals surface area contributed by atoms with Crippen LogP contribution in [0.15, 0.2) is 12.1 Å². The van der Waals surface area contributed by atoms with E-state index in [2.05, 4.69) is 15.2 Å². The minimum atomic E-state index is -0.489. The molecule has 7 heteroatoms. The number of halogens is 1. The van der Waals surface area contributed by atoms with Crippen LogP contribution in [0.4, 0.5) is 0 Å². The number of esters is 1. The molecule has 100 valence electrons. The lowest BCUT2D eigenvalue weighted by Crippen LogP contribution is -2.08. The van der Waals surface area contributed by atoms with Crippen molar-refractivity contribution in [3.05, 3.63) is 34.2 Å². The Bertz CT molecular complexity index is 624. The highest BCUT2D eigenvalue weighted by molar-refractivity contribution is 6.31. The Balaban J connectivity index is 2.38. The van der Waals surface area contributed by atoms with Crippen LogP contribution in [-0.4, -0.2) is 32.6 Å². The van der Waals surface area contributed by atoms with E-state index in [4.69, 9.17) is 16.3 Å². The van der Waals surface area contributed by atoms with Gasteiger partial charge in [0, 0.05) is 0 Å². The molecule has 2 aromatic heterocycles. The second-order valence-electron chi connectivity index (χ2n) is 3.88. The zero-order valence-corrected chi connectivity index (χ0v) is 11.6. The molecular formula is C12H13ClN4O2. The molecule has 0 aromatic carbocycles. The summed E-state index contributed by atoms with van der Waals surface area (Å²) in [7, 11) is 0. The quantitative estimate of drug-likeness (QED) is 0.805. The van der Waals surface area contributed by atoms with Gasteiger partial charge >= 0.3 is 5.97 Å². The van der Waals surface area contributed by atoms with Crippen LogP contribution in [0.3, 0.4) is 0 Å². The van der Waals surface area contributed by atoms with Crippen LogP contribution >= 0.6 is 11.6 Å². The first kappa shape index (κ1) is 13.5. The molecule has 0 aliphatic rings. The Labute approximate surface area is 115 Å². The van der Waals surface area contributed by atoms with Crippen LogP contribution in [0.2, 0.25) is 5.02 Å². The normalized spacial score (nSPS) is 10.5. The lowest BCUT2D eigenvalue weighted by molar-refractivity contribution is 0.0518. The standard InChI is InChI=1S/C12H13ClN4O2/c1-4-19-12(18)11-8(3)15-17(16-11)10-6-5-9(13)7(2)14-10/h5-6H,4H2,1-3H3. The first-order chi connectivity index (χ1) is 9.02. The molecule has 0 amide bonds. The third-order valence-corrected chi connectivity index (χ3v) is 2.86. The van der Waals surface area contributed by atoms with Crippen molar-refractivity contribution >= 4 is 17.6 Å². The summed E-state index contributed by atoms with van der Waals surface area (Å²) in [5.74, 6) is 0.0116. The Hall–Kier alpha value is -1.95. The largest absolute Gasteiger partial charge is 0.461 e. The molecular weight excluding hydrogens is 268 g/mol. The van der Waals surface area contributed by atoms with Gasteiger partial charge in [-0.3, -0.25) is 0 Å². The molecule has 0 aliphatic heterocycles. The number of carbonyl (C=O) groups excluding carboxylic acids is 1. The molecule has 2 rings (SSSR count). The average molecular weight is 281 g/mol. The second-order valence-corrected chi connectivity index (χ2v) is 4.29. The van der Waals surface area contributed by atoms with Crippen molar-refractivity contribution in [1.29, 1.82) is 0 Å². The van der Waals surface area contributed by atoms with Gasteiger partial charge < -0.3 is 4.74 Å². The molecule has 2 heterocycles. The van der Waals surface area contributed by atoms with Gasteiger partial charge in [0.15, 0.2) is 11.5 Å². The summed E-state index contributed by atoms with van der Waals surface area (Å²) in [6.45, 7) is 5.51. The fourth-order valence-electron chi connectivity index (χ4n) is 1.51. The number of hydrogen-bond donors (Lipinski definition) is 0. The number of aromatic nitrogens is 4. The zero-order chi connectivity index (χ0) is 14.0. The number of nitrogens with zero attached hydrogens (tertiary/aromatic N) is 4. The predicted molar refractivity (Wildman–Crippen MR) is 69.6 cm³/mol. The molecule has 0 unspecified atom stereocenters. The van der Waals surface area contributed by atoms with E-state index in [1.165, 1.54) is 4.80 Å². The van der Waals surface area contributed by atoms with Crippen LogP contribution in [-0.2, 0) is 4.74 Å². The predicted octanol–water partition coefficient (Wildman–Crippen LogP) is 2.11. The molecule has 0 saturated heterocycles. The second kappa shape index (κ2) is 5.36. The molecule has 0 radical (unpaired) electrons. The maximum Gasteiger partial charge on any atom is 0.360 e. The van der Waals surface area contributed by atoms with E-state index in [-0.39, 0.29) is 5.69 Å². The SMILES string of the molecule is CCOC(=O)c1nn(-c2ccc(Cl)c(C)n2)nc1C. The van der Waals surface area contributed by atoms with Gasteiger partial charge in [0.2, 0.25) is 0 Å². The highest BCUT2D eigenvalue weighted by Crippen LogP contribution is 2.15. The number of hydrogen-bond acceptors (Lipinski definition) is 5. The number of aryl methyl sites for hydroxylation is 2. The summed E-state index contributed by atoms with van der Waals surface area (Å²) in [4.78, 5) is 17.2. The third kappa shape index (κ3) is 2.73. The monoisotopic (exact) mass is 280 g/mol. The smallest absolute Gasteiger partial charge is 0.360 e. The van der Waals surface area contributed by atoms with Gasteiger partial charge in [-0.2, -0.15) is 5.10 Å². The highest BCUT2D eigenvalue weighted by atomic mass is 35.5. The summed E-state index contributed by atoms with van der Waals surface area (Å²) in [5.41, 5.74) is 1.36. The van der Waals surface area contributed by atoms with E-state index in [9.17, 15) is 4.79 Å². The van der Waals surface area contributed by atoms with Crippen molar-refractivity contribution < 1.29 is 9.53 Å². The molecule has 0 N–H and O–H groups in total. The average Bonchev–Trinajstić information content (AvgIpc) is 2.75. The van der Waals surface area contributed by atoms with Crippen LogP contribution in [0.5, 0.6) is 0 Å². The third-order valence-electron chi connectivity index (χ3n) is 2.46. The van der Waals surface area contributed by atoms with Gasteiger partial charge in [0.05, 0.1) is 23.0 Å². The van der Waals surface area contributed by atoms with Gasteiger partial charge in [-0.25, -0.2) is 9.78 Å². The van der Waals surface area contributed by atoms with E-state index >= 15 is 0 Å². The zero-order valence-electron chi connectivity index (χ0n) is 10.8. The van der Waals surface area contributed by atoms with Crippen molar-refractivity contribution in [1.82, 2.24) is 20.0 Å². The van der Waals surface area contributed by atoms with E-state index in [1.54, 1.807) is 32.9 Å². The van der Waals surface area contributed by atoms with Crippen molar-refractivity contribution in [2.75, 3.05) is 6.61 Å². The molecule has 19 heavy (non-hydrogen) atoms. The summed E-state index contributed by atoms with van der Waals surface area (Å²) >= 11 is 5.91. The van der Waals surface area contributed by atoms with Gasteiger partial charge in [0.25, 0.3) is 0 Å². The van der Waals surface area contributed by atoms with Crippen LogP contribution in [0.1, 0.15) is 28.8 Å². The Morgan fingerprint density at radius 2 is 2.05 bits per heavy atom. The summed E-state index contributed by atoms with van der Waals surface area (Å²) in [5, 5.41) is 8.82. The Morgan fingerprint density at radius 3 is 2.68 bits per heavy atom. The van der Waals surface area contributed by atoms with E-state index < -0.39 is 5.97 Å². The Morgan fingerprint density at radius 1 is 1.32 bits per heavy atom. The van der Waals surface area contributed by atoms with Gasteiger partial charge in [-0.05, 0) is 32.9 Å². The molecule has 0 fully saturated rings. The van der Waals surface area contributed by atoms with Crippen LogP contribution in [0, 0.1) is 13.8 Å². The van der Waals surface area contributed by atoms with Crippen molar-refractivity contribution in [2.24, 2.45) is 0 Å². The van der Waals surface area contributed by atoms with Crippen molar-refractivity contribution in [3.8, 4) is 5.82 Å². The number of pyridine rings is 1. The lowest BCUT2D eigenvalue weighted by atomic mass is 10.3. The maximum atomic E-state index is 11.7. The summed E-state index contributed by atoms with van der Waals surface area (Å²) < 4.78 is 4.90. The van der Waals surface area contributed by atoms with Crippen LogP contribution < -0.4 is 0 Å². The highest BCUT2D eigenvalue weighted by Gasteiger charge is 2.17. The first-order valence-electron chi connectivity index (χ1n) is 5.77. The fraction of sp³-hybridized carbons (Fsp3) is 0.333. The molecule has 0 bridgehead atoms. The molecule has 2 aromatic rings. The fourth-order valence-corrected chi connectivity index (χ4v) is 1.62. The van der Waals surface area contributed by atoms with E-state index in [0.717, 1.165) is 0 Å². The first-order valence-corrected chi connectivity index (χ1v) is 6.15. The number of rotatable bonds is 3. The van der Waals surface area contributed by atoms with E-state index in [0.29, 0.717) is 28.8 Å². The topological polar surface area (TPSA) is 69.9 Å². The molecule has 0 aliphatic carbocycles. The summed E-state index contributed by atoms with van der Waals surface area (Å²) in [6.07, 6.45) is 0. The van der Waals surface area contributed by atoms with E-state index in [1.807, 2.05) is 0 Å². The number of ether oxygens (including phenoxy) is 1. The molecule has 0 atom stereocenters. The minimum Gasteiger partial charge on any atom is -0.461 e. The molecule has 0 saturated carbocycles.